The van der Waals surface area contributed by atoms with E-state index in [9.17, 15) is 4.79 Å². The SMILES string of the molecule is O=c1[nH]c2ccc(CN3CCC(c4ccccc4)CC3)cc2c2c1CCCC2. The van der Waals surface area contributed by atoms with Gasteiger partial charge in [-0.25, -0.2) is 0 Å². The first-order valence-corrected chi connectivity index (χ1v) is 10.7. The van der Waals surface area contributed by atoms with E-state index in [1.54, 1.807) is 0 Å². The summed E-state index contributed by atoms with van der Waals surface area (Å²) in [5, 5.41) is 1.27. The lowest BCUT2D eigenvalue weighted by molar-refractivity contribution is 0.205. The van der Waals surface area contributed by atoms with E-state index in [1.807, 2.05) is 0 Å². The zero-order valence-corrected chi connectivity index (χ0v) is 16.4. The Kier molecular flexibility index (Phi) is 4.77. The van der Waals surface area contributed by atoms with Gasteiger partial charge in [0.2, 0.25) is 0 Å². The fourth-order valence-electron chi connectivity index (χ4n) is 5.11. The van der Waals surface area contributed by atoms with Crippen molar-refractivity contribution in [1.82, 2.24) is 9.88 Å². The third kappa shape index (κ3) is 3.40. The number of pyridine rings is 1. The molecule has 5 rings (SSSR count). The number of piperidine rings is 1. The van der Waals surface area contributed by atoms with Crippen LogP contribution >= 0.6 is 0 Å². The van der Waals surface area contributed by atoms with Gasteiger partial charge in [-0.15, -0.1) is 0 Å². The second-order valence-corrected chi connectivity index (χ2v) is 8.46. The Balaban J connectivity index is 1.33. The van der Waals surface area contributed by atoms with Gasteiger partial charge in [0.05, 0.1) is 0 Å². The van der Waals surface area contributed by atoms with Crippen LogP contribution in [0.1, 0.15) is 53.9 Å². The first-order valence-electron chi connectivity index (χ1n) is 10.7. The highest BCUT2D eigenvalue weighted by Gasteiger charge is 2.21. The number of nitrogens with zero attached hydrogens (tertiary/aromatic N) is 1. The molecule has 1 aromatic heterocycles. The number of aromatic amines is 1. The van der Waals surface area contributed by atoms with E-state index in [2.05, 4.69) is 58.4 Å². The zero-order valence-electron chi connectivity index (χ0n) is 16.4. The third-order valence-electron chi connectivity index (χ3n) is 6.66. The van der Waals surface area contributed by atoms with E-state index >= 15 is 0 Å². The molecule has 0 bridgehead atoms. The molecule has 0 saturated carbocycles. The number of nitrogens with one attached hydrogen (secondary N) is 1. The molecule has 144 valence electrons. The van der Waals surface area contributed by atoms with Crippen molar-refractivity contribution in [2.24, 2.45) is 0 Å². The van der Waals surface area contributed by atoms with Gasteiger partial charge >= 0.3 is 0 Å². The van der Waals surface area contributed by atoms with Crippen molar-refractivity contribution in [1.29, 1.82) is 0 Å². The lowest BCUT2D eigenvalue weighted by Gasteiger charge is -2.32. The second kappa shape index (κ2) is 7.56. The zero-order chi connectivity index (χ0) is 18.9. The minimum absolute atomic E-state index is 0.123. The van der Waals surface area contributed by atoms with Crippen LogP contribution in [0.4, 0.5) is 0 Å². The van der Waals surface area contributed by atoms with Crippen molar-refractivity contribution in [2.45, 2.75) is 51.0 Å². The number of rotatable bonds is 3. The molecule has 2 heterocycles. The number of hydrogen-bond acceptors (Lipinski definition) is 2. The molecule has 0 radical (unpaired) electrons. The summed E-state index contributed by atoms with van der Waals surface area (Å²) >= 11 is 0. The van der Waals surface area contributed by atoms with E-state index in [4.69, 9.17) is 0 Å². The van der Waals surface area contributed by atoms with Gasteiger partial charge in [-0.1, -0.05) is 36.4 Å². The Morgan fingerprint density at radius 3 is 2.46 bits per heavy atom. The number of aryl methyl sites for hydroxylation is 1. The molecule has 1 fully saturated rings. The van der Waals surface area contributed by atoms with Gasteiger partial charge in [-0.05, 0) is 86.4 Å². The van der Waals surface area contributed by atoms with Crippen LogP contribution in [0, 0.1) is 0 Å². The number of H-pyrrole nitrogens is 1. The van der Waals surface area contributed by atoms with Gasteiger partial charge in [0.15, 0.2) is 0 Å². The molecule has 3 nitrogen and oxygen atoms in total. The fraction of sp³-hybridized carbons (Fsp3) is 0.400. The van der Waals surface area contributed by atoms with Crippen LogP contribution in [-0.4, -0.2) is 23.0 Å². The topological polar surface area (TPSA) is 36.1 Å². The summed E-state index contributed by atoms with van der Waals surface area (Å²) in [6.07, 6.45) is 6.78. The molecule has 1 aliphatic heterocycles. The quantitative estimate of drug-likeness (QED) is 0.718. The van der Waals surface area contributed by atoms with Crippen LogP contribution in [0.3, 0.4) is 0 Å². The Morgan fingerprint density at radius 2 is 1.68 bits per heavy atom. The van der Waals surface area contributed by atoms with Crippen molar-refractivity contribution in [3.8, 4) is 0 Å². The molecule has 3 aromatic rings. The Morgan fingerprint density at radius 1 is 0.929 bits per heavy atom. The number of likely N-dealkylation sites (tertiary alicyclic amines) is 1. The molecular weight excluding hydrogens is 344 g/mol. The van der Waals surface area contributed by atoms with Crippen molar-refractivity contribution >= 4 is 10.9 Å². The maximum atomic E-state index is 12.4. The lowest BCUT2D eigenvalue weighted by Crippen LogP contribution is -2.32. The summed E-state index contributed by atoms with van der Waals surface area (Å²) in [6, 6.07) is 17.6. The van der Waals surface area contributed by atoms with Crippen LogP contribution in [0.5, 0.6) is 0 Å². The Labute approximate surface area is 166 Å². The molecule has 0 unspecified atom stereocenters. The van der Waals surface area contributed by atoms with E-state index in [1.165, 1.54) is 41.3 Å². The highest BCUT2D eigenvalue weighted by Crippen LogP contribution is 2.30. The van der Waals surface area contributed by atoms with E-state index in [0.717, 1.165) is 50.0 Å². The lowest BCUT2D eigenvalue weighted by atomic mass is 9.88. The molecule has 0 spiro atoms. The number of benzene rings is 2. The molecule has 1 N–H and O–H groups in total. The Bertz CT molecular complexity index is 1030. The van der Waals surface area contributed by atoms with Gasteiger partial charge in [-0.2, -0.15) is 0 Å². The summed E-state index contributed by atoms with van der Waals surface area (Å²) in [4.78, 5) is 18.0. The van der Waals surface area contributed by atoms with Crippen molar-refractivity contribution in [3.05, 3.63) is 81.1 Å². The predicted molar refractivity (Wildman–Crippen MR) is 115 cm³/mol. The summed E-state index contributed by atoms with van der Waals surface area (Å²) in [6.45, 7) is 3.31. The van der Waals surface area contributed by atoms with E-state index in [0.29, 0.717) is 5.92 Å². The van der Waals surface area contributed by atoms with Gasteiger partial charge in [0, 0.05) is 23.0 Å². The standard InChI is InChI=1S/C25H28N2O/c28-25-22-9-5-4-8-21(22)23-16-18(10-11-24(23)26-25)17-27-14-12-20(13-15-27)19-6-2-1-3-7-19/h1-3,6-7,10-11,16,20H,4-5,8-9,12-15,17H2,(H,26,28). The first kappa shape index (κ1) is 17.7. The maximum Gasteiger partial charge on any atom is 0.251 e. The molecule has 0 amide bonds. The fourth-order valence-corrected chi connectivity index (χ4v) is 5.11. The molecule has 2 aromatic carbocycles. The molecule has 1 aliphatic carbocycles. The van der Waals surface area contributed by atoms with Crippen molar-refractivity contribution < 1.29 is 0 Å². The highest BCUT2D eigenvalue weighted by molar-refractivity contribution is 5.84. The number of hydrogen-bond donors (Lipinski definition) is 1. The minimum Gasteiger partial charge on any atom is -0.322 e. The Hall–Kier alpha value is -2.39. The van der Waals surface area contributed by atoms with Gasteiger partial charge in [0.25, 0.3) is 5.56 Å². The average molecular weight is 373 g/mol. The van der Waals surface area contributed by atoms with Crippen molar-refractivity contribution in [2.75, 3.05) is 13.1 Å². The predicted octanol–water partition coefficient (Wildman–Crippen LogP) is 4.79. The van der Waals surface area contributed by atoms with Crippen molar-refractivity contribution in [3.63, 3.8) is 0 Å². The van der Waals surface area contributed by atoms with Gasteiger partial charge in [0.1, 0.15) is 0 Å². The maximum absolute atomic E-state index is 12.4. The number of aromatic nitrogens is 1. The van der Waals surface area contributed by atoms with Crippen LogP contribution < -0.4 is 5.56 Å². The average Bonchev–Trinajstić information content (AvgIpc) is 2.76. The molecular formula is C25H28N2O. The van der Waals surface area contributed by atoms with Gasteiger partial charge in [-0.3, -0.25) is 9.69 Å². The summed E-state index contributed by atoms with van der Waals surface area (Å²) in [5.41, 5.74) is 6.30. The largest absolute Gasteiger partial charge is 0.322 e. The first-order chi connectivity index (χ1) is 13.8. The normalized spacial score (nSPS) is 18.3. The summed E-state index contributed by atoms with van der Waals surface area (Å²) in [7, 11) is 0. The monoisotopic (exact) mass is 372 g/mol. The van der Waals surface area contributed by atoms with E-state index < -0.39 is 0 Å². The minimum atomic E-state index is 0.123. The smallest absolute Gasteiger partial charge is 0.251 e. The second-order valence-electron chi connectivity index (χ2n) is 8.46. The molecule has 0 atom stereocenters. The molecule has 2 aliphatic rings. The van der Waals surface area contributed by atoms with E-state index in [-0.39, 0.29) is 5.56 Å². The summed E-state index contributed by atoms with van der Waals surface area (Å²) in [5.74, 6) is 0.700. The molecule has 28 heavy (non-hydrogen) atoms. The molecule has 1 saturated heterocycles. The summed E-state index contributed by atoms with van der Waals surface area (Å²) < 4.78 is 0. The van der Waals surface area contributed by atoms with Crippen LogP contribution in [0.2, 0.25) is 0 Å². The van der Waals surface area contributed by atoms with Crippen LogP contribution in [0.25, 0.3) is 10.9 Å². The van der Waals surface area contributed by atoms with Gasteiger partial charge < -0.3 is 4.98 Å². The number of fused-ring (bicyclic) bond motifs is 3. The van der Waals surface area contributed by atoms with Crippen LogP contribution in [0.15, 0.2) is 53.3 Å². The molecule has 3 heteroatoms. The third-order valence-corrected chi connectivity index (χ3v) is 6.66. The van der Waals surface area contributed by atoms with Crippen LogP contribution in [-0.2, 0) is 19.4 Å². The highest BCUT2D eigenvalue weighted by atomic mass is 16.1.